The SMILES string of the molecule is Cc1cc(-c2[nH]c3ccc(C4CCN(CCN(C)C5CCOC5)CC4)cc3c2C(C)C)cn2ncnc12. The van der Waals surface area contributed by atoms with E-state index in [0.717, 1.165) is 37.5 Å². The normalized spacial score (nSPS) is 19.8. The number of ether oxygens (including phenoxy) is 1. The lowest BCUT2D eigenvalue weighted by Crippen LogP contribution is -2.41. The lowest BCUT2D eigenvalue weighted by atomic mass is 9.87. The van der Waals surface area contributed by atoms with Gasteiger partial charge >= 0.3 is 0 Å². The average molecular weight is 501 g/mol. The van der Waals surface area contributed by atoms with E-state index >= 15 is 0 Å². The Morgan fingerprint density at radius 1 is 1.16 bits per heavy atom. The van der Waals surface area contributed by atoms with E-state index in [2.05, 4.69) is 83.1 Å². The van der Waals surface area contributed by atoms with Crippen LogP contribution in [0, 0.1) is 6.92 Å². The third-order valence-corrected chi connectivity index (χ3v) is 8.64. The smallest absolute Gasteiger partial charge is 0.158 e. The fourth-order valence-electron chi connectivity index (χ4n) is 6.38. The second-order valence-corrected chi connectivity index (χ2v) is 11.4. The predicted molar refractivity (Wildman–Crippen MR) is 149 cm³/mol. The Kier molecular flexibility index (Phi) is 6.78. The number of piperidine rings is 1. The van der Waals surface area contributed by atoms with Crippen LogP contribution in [0.15, 0.2) is 36.8 Å². The van der Waals surface area contributed by atoms with Crippen molar-refractivity contribution < 1.29 is 4.74 Å². The third kappa shape index (κ3) is 4.80. The molecule has 7 nitrogen and oxygen atoms in total. The second-order valence-electron chi connectivity index (χ2n) is 11.4. The van der Waals surface area contributed by atoms with Crippen molar-refractivity contribution in [1.29, 1.82) is 0 Å². The van der Waals surface area contributed by atoms with Crippen molar-refractivity contribution in [2.24, 2.45) is 0 Å². The van der Waals surface area contributed by atoms with Crippen molar-refractivity contribution in [3.8, 4) is 11.3 Å². The maximum Gasteiger partial charge on any atom is 0.158 e. The van der Waals surface area contributed by atoms with Gasteiger partial charge in [-0.2, -0.15) is 5.10 Å². The highest BCUT2D eigenvalue weighted by atomic mass is 16.5. The molecule has 0 radical (unpaired) electrons. The summed E-state index contributed by atoms with van der Waals surface area (Å²) in [6.45, 7) is 13.2. The summed E-state index contributed by atoms with van der Waals surface area (Å²) in [4.78, 5) is 13.3. The number of aromatic nitrogens is 4. The Hall–Kier alpha value is -2.74. The molecule has 7 heteroatoms. The molecule has 1 atom stereocenters. The van der Waals surface area contributed by atoms with Crippen molar-refractivity contribution >= 4 is 16.6 Å². The number of aromatic amines is 1. The van der Waals surface area contributed by atoms with E-state index < -0.39 is 0 Å². The highest BCUT2D eigenvalue weighted by Gasteiger charge is 2.25. The van der Waals surface area contributed by atoms with E-state index in [-0.39, 0.29) is 0 Å². The summed E-state index contributed by atoms with van der Waals surface area (Å²) in [5, 5.41) is 5.76. The van der Waals surface area contributed by atoms with Gasteiger partial charge in [0, 0.05) is 48.4 Å². The molecule has 1 unspecified atom stereocenters. The summed E-state index contributed by atoms with van der Waals surface area (Å²) in [6, 6.07) is 9.96. The summed E-state index contributed by atoms with van der Waals surface area (Å²) < 4.78 is 7.46. The summed E-state index contributed by atoms with van der Waals surface area (Å²) in [5.74, 6) is 1.04. The lowest BCUT2D eigenvalue weighted by molar-refractivity contribution is 0.139. The van der Waals surface area contributed by atoms with Gasteiger partial charge in [-0.3, -0.25) is 4.90 Å². The molecule has 1 N–H and O–H groups in total. The number of nitrogens with one attached hydrogen (secondary N) is 1. The number of likely N-dealkylation sites (tertiary alicyclic amines) is 1. The van der Waals surface area contributed by atoms with Crippen LogP contribution in [0.5, 0.6) is 0 Å². The minimum atomic E-state index is 0.412. The first-order chi connectivity index (χ1) is 18.0. The number of nitrogens with zero attached hydrogens (tertiary/aromatic N) is 5. The van der Waals surface area contributed by atoms with Crippen molar-refractivity contribution in [1.82, 2.24) is 29.4 Å². The van der Waals surface area contributed by atoms with Gasteiger partial charge in [0.2, 0.25) is 0 Å². The molecular weight excluding hydrogens is 460 g/mol. The number of benzene rings is 1. The van der Waals surface area contributed by atoms with E-state index in [1.807, 2.05) is 4.52 Å². The number of likely N-dealkylation sites (N-methyl/N-ethyl adjacent to an activating group) is 1. The highest BCUT2D eigenvalue weighted by molar-refractivity contribution is 5.92. The molecule has 2 aliphatic heterocycles. The van der Waals surface area contributed by atoms with Crippen LogP contribution in [0.1, 0.15) is 61.6 Å². The average Bonchev–Trinajstić information content (AvgIpc) is 3.66. The van der Waals surface area contributed by atoms with E-state index in [9.17, 15) is 0 Å². The summed E-state index contributed by atoms with van der Waals surface area (Å²) in [7, 11) is 2.25. The molecule has 2 saturated heterocycles. The van der Waals surface area contributed by atoms with Crippen LogP contribution < -0.4 is 0 Å². The van der Waals surface area contributed by atoms with E-state index in [1.54, 1.807) is 6.33 Å². The Labute approximate surface area is 219 Å². The van der Waals surface area contributed by atoms with Gasteiger partial charge in [0.15, 0.2) is 5.65 Å². The van der Waals surface area contributed by atoms with Crippen LogP contribution in [-0.4, -0.2) is 81.9 Å². The zero-order valence-electron chi connectivity index (χ0n) is 22.7. The molecule has 0 bridgehead atoms. The minimum Gasteiger partial charge on any atom is -0.380 e. The van der Waals surface area contributed by atoms with Crippen LogP contribution >= 0.6 is 0 Å². The molecule has 5 heterocycles. The molecule has 0 spiro atoms. The first-order valence-electron chi connectivity index (χ1n) is 13.9. The number of pyridine rings is 1. The van der Waals surface area contributed by atoms with Gasteiger partial charge in [0.05, 0.1) is 12.3 Å². The molecule has 6 rings (SSSR count). The van der Waals surface area contributed by atoms with Gasteiger partial charge in [-0.25, -0.2) is 9.50 Å². The van der Waals surface area contributed by atoms with Crippen LogP contribution in [0.4, 0.5) is 0 Å². The quantitative estimate of drug-likeness (QED) is 0.378. The predicted octanol–water partition coefficient (Wildman–Crippen LogP) is 5.21. The lowest BCUT2D eigenvalue weighted by Gasteiger charge is -2.34. The molecule has 0 amide bonds. The monoisotopic (exact) mass is 500 g/mol. The fourth-order valence-corrected chi connectivity index (χ4v) is 6.38. The molecule has 196 valence electrons. The zero-order chi connectivity index (χ0) is 25.5. The van der Waals surface area contributed by atoms with Crippen LogP contribution in [0.25, 0.3) is 27.8 Å². The Balaban J connectivity index is 1.20. The number of hydrogen-bond donors (Lipinski definition) is 1. The molecule has 0 aliphatic carbocycles. The Morgan fingerprint density at radius 2 is 2.00 bits per heavy atom. The fraction of sp³-hybridized carbons (Fsp3) is 0.533. The molecule has 0 saturated carbocycles. The van der Waals surface area contributed by atoms with Crippen LogP contribution in [-0.2, 0) is 4.74 Å². The first kappa shape index (κ1) is 24.6. The third-order valence-electron chi connectivity index (χ3n) is 8.64. The molecule has 1 aromatic carbocycles. The summed E-state index contributed by atoms with van der Waals surface area (Å²) >= 11 is 0. The Bertz CT molecular complexity index is 1370. The number of fused-ring (bicyclic) bond motifs is 2. The number of aryl methyl sites for hydroxylation is 1. The van der Waals surface area contributed by atoms with Crippen molar-refractivity contribution in [2.45, 2.75) is 57.9 Å². The zero-order valence-corrected chi connectivity index (χ0v) is 22.7. The Morgan fingerprint density at radius 3 is 2.76 bits per heavy atom. The number of H-pyrrole nitrogens is 1. The van der Waals surface area contributed by atoms with Gasteiger partial charge < -0.3 is 14.6 Å². The highest BCUT2D eigenvalue weighted by Crippen LogP contribution is 2.38. The van der Waals surface area contributed by atoms with Gasteiger partial charge in [-0.1, -0.05) is 19.9 Å². The first-order valence-corrected chi connectivity index (χ1v) is 13.9. The van der Waals surface area contributed by atoms with Gasteiger partial charge in [-0.15, -0.1) is 0 Å². The minimum absolute atomic E-state index is 0.412. The van der Waals surface area contributed by atoms with Crippen molar-refractivity contribution in [3.63, 3.8) is 0 Å². The second kappa shape index (κ2) is 10.2. The summed E-state index contributed by atoms with van der Waals surface area (Å²) in [5.41, 5.74) is 8.52. The molecule has 3 aromatic heterocycles. The molecule has 2 fully saturated rings. The molecule has 37 heavy (non-hydrogen) atoms. The number of hydrogen-bond acceptors (Lipinski definition) is 5. The van der Waals surface area contributed by atoms with E-state index in [4.69, 9.17) is 4.74 Å². The van der Waals surface area contributed by atoms with E-state index in [1.165, 1.54) is 65.6 Å². The van der Waals surface area contributed by atoms with Crippen molar-refractivity contribution in [2.75, 3.05) is 46.4 Å². The molecule has 2 aliphatic rings. The summed E-state index contributed by atoms with van der Waals surface area (Å²) in [6.07, 6.45) is 7.37. The van der Waals surface area contributed by atoms with Crippen molar-refractivity contribution in [3.05, 3.63) is 53.5 Å². The van der Waals surface area contributed by atoms with Crippen LogP contribution in [0.2, 0.25) is 0 Å². The largest absolute Gasteiger partial charge is 0.380 e. The van der Waals surface area contributed by atoms with E-state index in [0.29, 0.717) is 17.9 Å². The number of rotatable bonds is 7. The topological polar surface area (TPSA) is 61.7 Å². The standard InChI is InChI=1S/C30H40N6O/c1-20(2)28-26-16-23(22-7-10-35(11-8-22)13-12-34(4)25-9-14-37-18-25)5-6-27(26)33-29(28)24-15-21(3)30-31-19-32-36(30)17-24/h5-6,15-17,19-20,22,25,33H,7-14,18H2,1-4H3. The van der Waals surface area contributed by atoms with Gasteiger partial charge in [0.25, 0.3) is 0 Å². The maximum atomic E-state index is 5.57. The molecule has 4 aromatic rings. The molecular formula is C30H40N6O. The van der Waals surface area contributed by atoms with Gasteiger partial charge in [0.1, 0.15) is 6.33 Å². The maximum absolute atomic E-state index is 5.57. The van der Waals surface area contributed by atoms with Gasteiger partial charge in [-0.05, 0) is 93.0 Å². The van der Waals surface area contributed by atoms with Crippen LogP contribution in [0.3, 0.4) is 0 Å².